The van der Waals surface area contributed by atoms with Crippen molar-refractivity contribution in [3.8, 4) is 0 Å². The first kappa shape index (κ1) is 19.3. The van der Waals surface area contributed by atoms with Crippen LogP contribution in [-0.2, 0) is 4.43 Å². The molecule has 130 valence electrons. The zero-order valence-electron chi connectivity index (χ0n) is 15.3. The molecule has 0 saturated heterocycles. The van der Waals surface area contributed by atoms with Crippen LogP contribution in [0.1, 0.15) is 13.8 Å². The summed E-state index contributed by atoms with van der Waals surface area (Å²) in [7, 11) is -4.02. The molecule has 0 aromatic heterocycles. The summed E-state index contributed by atoms with van der Waals surface area (Å²) in [5.41, 5.74) is 0. The van der Waals surface area contributed by atoms with E-state index in [-0.39, 0.29) is 5.22 Å². The fraction of sp³-hybridized carbons (Fsp3) is 0.368. The molecule has 0 atom stereocenters. The van der Waals surface area contributed by atoms with Crippen molar-refractivity contribution in [3.63, 3.8) is 0 Å². The number of hydrogen-bond donors (Lipinski definition) is 1. The molecule has 2 aromatic rings. The maximum atomic E-state index is 10.1. The van der Waals surface area contributed by atoms with E-state index >= 15 is 0 Å². The van der Waals surface area contributed by atoms with Crippen LogP contribution in [-0.4, -0.2) is 36.9 Å². The number of hydrogen-bond acceptors (Lipinski definition) is 2. The fourth-order valence-electron chi connectivity index (χ4n) is 2.91. The summed E-state index contributed by atoms with van der Waals surface area (Å²) in [5.74, 6) is 0. The van der Waals surface area contributed by atoms with Crippen molar-refractivity contribution < 1.29 is 9.22 Å². The Kier molecular flexibility index (Phi) is 6.77. The van der Waals surface area contributed by atoms with Crippen LogP contribution in [0.4, 0.5) is 0 Å². The van der Waals surface area contributed by atoms with E-state index in [1.54, 1.807) is 0 Å². The van der Waals surface area contributed by atoms with Gasteiger partial charge in [-0.15, -0.1) is 0 Å². The van der Waals surface area contributed by atoms with Crippen LogP contribution >= 0.6 is 0 Å². The summed E-state index contributed by atoms with van der Waals surface area (Å²) in [6.07, 6.45) is 0. The van der Waals surface area contributed by atoms with Gasteiger partial charge in [0.1, 0.15) is 0 Å². The van der Waals surface area contributed by atoms with Crippen molar-refractivity contribution in [1.29, 1.82) is 0 Å². The van der Waals surface area contributed by atoms with Gasteiger partial charge in [-0.2, -0.15) is 0 Å². The monoisotopic (exact) mass is 374 g/mol. The molecule has 1 N–H and O–H groups in total. The average molecular weight is 375 g/mol. The largest absolute Gasteiger partial charge is 0.432 e. The predicted octanol–water partition coefficient (Wildman–Crippen LogP) is 2.06. The van der Waals surface area contributed by atoms with Gasteiger partial charge in [-0.1, -0.05) is 66.7 Å². The Morgan fingerprint density at radius 1 is 0.958 bits per heavy atom. The van der Waals surface area contributed by atoms with Crippen molar-refractivity contribution >= 4 is 37.3 Å². The highest BCUT2D eigenvalue weighted by atomic mass is 28.4. The molecular formula is C19H30O2Si3. The molecule has 0 radical (unpaired) electrons. The molecule has 0 heterocycles. The lowest BCUT2D eigenvalue weighted by Crippen LogP contribution is -2.51. The molecule has 24 heavy (non-hydrogen) atoms. The van der Waals surface area contributed by atoms with Crippen LogP contribution < -0.4 is 10.4 Å². The van der Waals surface area contributed by atoms with Gasteiger partial charge in [-0.3, -0.25) is 0 Å². The van der Waals surface area contributed by atoms with E-state index in [1.165, 1.54) is 10.4 Å². The van der Waals surface area contributed by atoms with Crippen LogP contribution in [0, 0.1) is 0 Å². The Bertz CT molecular complexity index is 570. The lowest BCUT2D eigenvalue weighted by atomic mass is 10.4. The lowest BCUT2D eigenvalue weighted by Gasteiger charge is -2.31. The topological polar surface area (TPSA) is 29.5 Å². The first-order valence-corrected chi connectivity index (χ1v) is 15.3. The highest BCUT2D eigenvalue weighted by Crippen LogP contribution is 2.16. The average Bonchev–Trinajstić information content (AvgIpc) is 2.53. The van der Waals surface area contributed by atoms with Crippen molar-refractivity contribution in [3.05, 3.63) is 60.7 Å². The van der Waals surface area contributed by atoms with E-state index in [2.05, 4.69) is 74.5 Å². The highest BCUT2D eigenvalue weighted by Gasteiger charge is 2.28. The third-order valence-corrected chi connectivity index (χ3v) is 11.8. The first-order valence-electron chi connectivity index (χ1n) is 8.77. The third-order valence-electron chi connectivity index (χ3n) is 4.21. The molecule has 2 rings (SSSR count). The Balaban J connectivity index is 2.13. The van der Waals surface area contributed by atoms with E-state index in [0.717, 1.165) is 12.1 Å². The summed E-state index contributed by atoms with van der Waals surface area (Å²) in [6.45, 7) is 8.55. The SMILES string of the molecule is CC(C)(O[SiH](c1ccccc1)c1ccccc1)[SiH2]CC[Si](C)(C)O. The molecule has 0 fully saturated rings. The normalized spacial score (nSPS) is 13.1. The highest BCUT2D eigenvalue weighted by molar-refractivity contribution is 6.80. The van der Waals surface area contributed by atoms with Crippen molar-refractivity contribution in [2.24, 2.45) is 0 Å². The van der Waals surface area contributed by atoms with Crippen molar-refractivity contribution in [2.75, 3.05) is 0 Å². The molecular weight excluding hydrogens is 344 g/mol. The van der Waals surface area contributed by atoms with Crippen LogP contribution in [0.25, 0.3) is 0 Å². The minimum absolute atomic E-state index is 0.0395. The Labute approximate surface area is 151 Å². The standard InChI is InChI=1S/C19H30O2Si3/c1-19(2,22-15-16-24(3,4)20)21-23(17-11-7-5-8-12-17)18-13-9-6-10-14-18/h5-14,20,23H,15-16,22H2,1-4H3. The lowest BCUT2D eigenvalue weighted by molar-refractivity contribution is 0.202. The van der Waals surface area contributed by atoms with Crippen molar-refractivity contribution in [1.82, 2.24) is 0 Å². The summed E-state index contributed by atoms with van der Waals surface area (Å²) in [4.78, 5) is 10.1. The van der Waals surface area contributed by atoms with Crippen LogP contribution in [0.3, 0.4) is 0 Å². The predicted molar refractivity (Wildman–Crippen MR) is 112 cm³/mol. The zero-order chi connectivity index (χ0) is 17.6. The molecule has 0 bridgehead atoms. The summed E-state index contributed by atoms with van der Waals surface area (Å²) < 4.78 is 6.76. The maximum Gasteiger partial charge on any atom is 0.240 e. The summed E-state index contributed by atoms with van der Waals surface area (Å²) in [6, 6.07) is 23.5. The van der Waals surface area contributed by atoms with Gasteiger partial charge in [0.05, 0.1) is 9.52 Å². The minimum atomic E-state index is -1.93. The summed E-state index contributed by atoms with van der Waals surface area (Å²) >= 11 is 0. The first-order chi connectivity index (χ1) is 11.3. The van der Waals surface area contributed by atoms with E-state index in [1.807, 2.05) is 13.1 Å². The molecule has 5 heteroatoms. The smallest absolute Gasteiger partial charge is 0.240 e. The number of benzene rings is 2. The minimum Gasteiger partial charge on any atom is -0.432 e. The van der Waals surface area contributed by atoms with Crippen LogP contribution in [0.5, 0.6) is 0 Å². The maximum absolute atomic E-state index is 10.1. The quantitative estimate of drug-likeness (QED) is 0.717. The zero-order valence-corrected chi connectivity index (χ0v) is 18.9. The van der Waals surface area contributed by atoms with Gasteiger partial charge in [-0.25, -0.2) is 0 Å². The molecule has 0 aliphatic carbocycles. The van der Waals surface area contributed by atoms with E-state index in [4.69, 9.17) is 4.43 Å². The molecule has 0 aliphatic heterocycles. The van der Waals surface area contributed by atoms with Crippen LogP contribution in [0.15, 0.2) is 60.7 Å². The van der Waals surface area contributed by atoms with Crippen LogP contribution in [0.2, 0.25) is 25.2 Å². The van der Waals surface area contributed by atoms with Gasteiger partial charge in [0.2, 0.25) is 9.04 Å². The Hall–Kier alpha value is -0.989. The van der Waals surface area contributed by atoms with E-state index in [0.29, 0.717) is 0 Å². The molecule has 2 aromatic carbocycles. The van der Waals surface area contributed by atoms with Gasteiger partial charge in [0.15, 0.2) is 8.32 Å². The second-order valence-corrected chi connectivity index (χ2v) is 17.1. The Morgan fingerprint density at radius 2 is 1.42 bits per heavy atom. The molecule has 0 amide bonds. The third kappa shape index (κ3) is 6.49. The second-order valence-electron chi connectivity index (χ2n) is 7.74. The molecule has 0 saturated carbocycles. The van der Waals surface area contributed by atoms with Gasteiger partial charge in [0, 0.05) is 5.22 Å². The van der Waals surface area contributed by atoms with Gasteiger partial charge in [-0.05, 0) is 43.4 Å². The molecule has 0 aliphatic rings. The molecule has 2 nitrogen and oxygen atoms in total. The Morgan fingerprint density at radius 3 is 1.83 bits per heavy atom. The van der Waals surface area contributed by atoms with Gasteiger partial charge in [0.25, 0.3) is 0 Å². The van der Waals surface area contributed by atoms with Gasteiger partial charge >= 0.3 is 0 Å². The van der Waals surface area contributed by atoms with E-state index in [9.17, 15) is 4.80 Å². The number of rotatable bonds is 8. The van der Waals surface area contributed by atoms with E-state index < -0.39 is 26.9 Å². The van der Waals surface area contributed by atoms with Gasteiger partial charge < -0.3 is 9.22 Å². The molecule has 0 unspecified atom stereocenters. The van der Waals surface area contributed by atoms with Crippen molar-refractivity contribution in [2.45, 2.75) is 44.3 Å². The fourth-order valence-corrected chi connectivity index (χ4v) is 11.3. The molecule has 0 spiro atoms. The second kappa shape index (κ2) is 8.40. The summed E-state index contributed by atoms with van der Waals surface area (Å²) in [5, 5.41) is 2.63.